The van der Waals surface area contributed by atoms with Crippen molar-refractivity contribution in [1.82, 2.24) is 14.7 Å². The minimum absolute atomic E-state index is 0.120. The molecule has 1 saturated heterocycles. The molecule has 2 unspecified atom stereocenters. The Morgan fingerprint density at radius 3 is 3.00 bits per heavy atom. The van der Waals surface area contributed by atoms with E-state index in [0.717, 1.165) is 32.4 Å². The third-order valence-corrected chi connectivity index (χ3v) is 3.65. The molecule has 1 aromatic heterocycles. The van der Waals surface area contributed by atoms with Crippen LogP contribution in [0.2, 0.25) is 0 Å². The smallest absolute Gasteiger partial charge is 0.389 e. The second kappa shape index (κ2) is 6.12. The zero-order chi connectivity index (χ0) is 13.8. The number of rotatable bonds is 5. The summed E-state index contributed by atoms with van der Waals surface area (Å²) in [5.74, 6) is -0.120. The summed E-state index contributed by atoms with van der Waals surface area (Å²) in [4.78, 5) is 12.3. The van der Waals surface area contributed by atoms with Crippen molar-refractivity contribution in [2.75, 3.05) is 13.1 Å². The molecule has 7 heteroatoms. The van der Waals surface area contributed by atoms with E-state index in [1.165, 1.54) is 6.07 Å². The second-order valence-corrected chi connectivity index (χ2v) is 5.03. The van der Waals surface area contributed by atoms with Crippen molar-refractivity contribution in [2.45, 2.75) is 44.9 Å². The first-order valence-corrected chi connectivity index (χ1v) is 6.68. The molecule has 1 N–H and O–H groups in total. The Morgan fingerprint density at radius 2 is 2.37 bits per heavy atom. The lowest BCUT2D eigenvalue weighted by atomic mass is 9.98. The third-order valence-electron chi connectivity index (χ3n) is 3.65. The minimum atomic E-state index is -0.490. The largest absolute Gasteiger partial charge is 0.392 e. The summed E-state index contributed by atoms with van der Waals surface area (Å²) >= 11 is 0. The predicted molar refractivity (Wildman–Crippen MR) is 69.8 cm³/mol. The maximum atomic E-state index is 10.5. The molecule has 0 amide bonds. The molecule has 1 fully saturated rings. The molecule has 0 aliphatic carbocycles. The molecule has 19 heavy (non-hydrogen) atoms. The van der Waals surface area contributed by atoms with Gasteiger partial charge in [-0.05, 0) is 31.2 Å². The molecule has 0 aromatic carbocycles. The van der Waals surface area contributed by atoms with Gasteiger partial charge in [0.25, 0.3) is 0 Å². The van der Waals surface area contributed by atoms with Crippen molar-refractivity contribution < 1.29 is 10.0 Å². The zero-order valence-electron chi connectivity index (χ0n) is 11.1. The fraction of sp³-hybridized carbons (Fsp3) is 0.750. The van der Waals surface area contributed by atoms with Gasteiger partial charge in [0.1, 0.15) is 0 Å². The molecule has 0 bridgehead atoms. The van der Waals surface area contributed by atoms with Crippen LogP contribution in [-0.4, -0.2) is 49.9 Å². The molecule has 1 aliphatic heterocycles. The first-order chi connectivity index (χ1) is 9.08. The molecule has 2 atom stereocenters. The van der Waals surface area contributed by atoms with Crippen LogP contribution in [0, 0.1) is 10.1 Å². The molecule has 2 rings (SSSR count). The number of nitrogens with zero attached hydrogens (tertiary/aromatic N) is 4. The van der Waals surface area contributed by atoms with Gasteiger partial charge in [-0.3, -0.25) is 4.90 Å². The van der Waals surface area contributed by atoms with Gasteiger partial charge in [0, 0.05) is 12.6 Å². The van der Waals surface area contributed by atoms with Crippen LogP contribution in [-0.2, 0) is 6.54 Å². The summed E-state index contributed by atoms with van der Waals surface area (Å²) in [7, 11) is 0. The normalized spacial score (nSPS) is 22.3. The fourth-order valence-corrected chi connectivity index (χ4v) is 2.64. The molecule has 1 aliphatic rings. The standard InChI is InChI=1S/C12H20N4O3/c1-10(17)11-4-2-3-6-14(11)8-9-15-7-5-12(13-15)16(18)19/h5,7,10-11,17H,2-4,6,8-9H2,1H3. The average Bonchev–Trinajstić information content (AvgIpc) is 2.85. The average molecular weight is 268 g/mol. The summed E-state index contributed by atoms with van der Waals surface area (Å²) in [6, 6.07) is 1.60. The molecule has 106 valence electrons. The van der Waals surface area contributed by atoms with E-state index in [4.69, 9.17) is 0 Å². The fourth-order valence-electron chi connectivity index (χ4n) is 2.64. The summed E-state index contributed by atoms with van der Waals surface area (Å²) in [6.07, 6.45) is 4.59. The van der Waals surface area contributed by atoms with Crippen molar-refractivity contribution in [3.05, 3.63) is 22.4 Å². The summed E-state index contributed by atoms with van der Waals surface area (Å²) in [5.41, 5.74) is 0. The van der Waals surface area contributed by atoms with Gasteiger partial charge in [0.05, 0.1) is 30.0 Å². The minimum Gasteiger partial charge on any atom is -0.392 e. The van der Waals surface area contributed by atoms with E-state index in [1.54, 1.807) is 10.9 Å². The van der Waals surface area contributed by atoms with Crippen LogP contribution in [0.15, 0.2) is 12.3 Å². The summed E-state index contributed by atoms with van der Waals surface area (Å²) in [6.45, 7) is 4.16. The van der Waals surface area contributed by atoms with Gasteiger partial charge >= 0.3 is 5.82 Å². The second-order valence-electron chi connectivity index (χ2n) is 5.03. The van der Waals surface area contributed by atoms with Gasteiger partial charge in [0.15, 0.2) is 0 Å². The molecular formula is C12H20N4O3. The van der Waals surface area contributed by atoms with Crippen LogP contribution >= 0.6 is 0 Å². The van der Waals surface area contributed by atoms with Crippen molar-refractivity contribution in [2.24, 2.45) is 0 Å². The van der Waals surface area contributed by atoms with Gasteiger partial charge < -0.3 is 15.2 Å². The van der Waals surface area contributed by atoms with E-state index in [0.29, 0.717) is 6.54 Å². The van der Waals surface area contributed by atoms with E-state index in [1.807, 2.05) is 6.92 Å². The zero-order valence-corrected chi connectivity index (χ0v) is 11.1. The highest BCUT2D eigenvalue weighted by Crippen LogP contribution is 2.19. The van der Waals surface area contributed by atoms with Crippen LogP contribution < -0.4 is 0 Å². The van der Waals surface area contributed by atoms with Crippen molar-refractivity contribution in [1.29, 1.82) is 0 Å². The van der Waals surface area contributed by atoms with Crippen molar-refractivity contribution in [3.8, 4) is 0 Å². The molecule has 1 aromatic rings. The lowest BCUT2D eigenvalue weighted by molar-refractivity contribution is -0.389. The Balaban J connectivity index is 1.90. The van der Waals surface area contributed by atoms with Crippen LogP contribution in [0.1, 0.15) is 26.2 Å². The van der Waals surface area contributed by atoms with Gasteiger partial charge in [0.2, 0.25) is 0 Å². The van der Waals surface area contributed by atoms with Crippen LogP contribution in [0.3, 0.4) is 0 Å². The van der Waals surface area contributed by atoms with Gasteiger partial charge in [-0.1, -0.05) is 6.42 Å². The number of nitro groups is 1. The molecule has 7 nitrogen and oxygen atoms in total. The highest BCUT2D eigenvalue weighted by molar-refractivity contribution is 5.13. The summed E-state index contributed by atoms with van der Waals surface area (Å²) < 4.78 is 1.59. The van der Waals surface area contributed by atoms with Gasteiger partial charge in [-0.25, -0.2) is 0 Å². The highest BCUT2D eigenvalue weighted by atomic mass is 16.6. The highest BCUT2D eigenvalue weighted by Gasteiger charge is 2.26. The lowest BCUT2D eigenvalue weighted by Gasteiger charge is -2.37. The Labute approximate surface area is 112 Å². The van der Waals surface area contributed by atoms with Gasteiger partial charge in [-0.2, -0.15) is 4.68 Å². The van der Waals surface area contributed by atoms with E-state index in [-0.39, 0.29) is 18.0 Å². The first-order valence-electron chi connectivity index (χ1n) is 6.68. The van der Waals surface area contributed by atoms with E-state index in [2.05, 4.69) is 10.00 Å². The quantitative estimate of drug-likeness (QED) is 0.636. The molecule has 0 saturated carbocycles. The first kappa shape index (κ1) is 14.0. The topological polar surface area (TPSA) is 84.4 Å². The predicted octanol–water partition coefficient (Wildman–Crippen LogP) is 1.03. The number of aromatic nitrogens is 2. The van der Waals surface area contributed by atoms with E-state index in [9.17, 15) is 15.2 Å². The maximum absolute atomic E-state index is 10.5. The Morgan fingerprint density at radius 1 is 1.58 bits per heavy atom. The Hall–Kier alpha value is -1.47. The SMILES string of the molecule is CC(O)C1CCCCN1CCn1ccc([N+](=O)[O-])n1. The monoisotopic (exact) mass is 268 g/mol. The number of aliphatic hydroxyl groups excluding tert-OH is 1. The number of likely N-dealkylation sites (tertiary alicyclic amines) is 1. The van der Waals surface area contributed by atoms with Crippen LogP contribution in [0.5, 0.6) is 0 Å². The Kier molecular flexibility index (Phi) is 4.49. The summed E-state index contributed by atoms with van der Waals surface area (Å²) in [5, 5.41) is 24.2. The molecule has 0 spiro atoms. The molecule has 0 radical (unpaired) electrons. The molecule has 2 heterocycles. The number of hydrogen-bond acceptors (Lipinski definition) is 5. The van der Waals surface area contributed by atoms with Crippen LogP contribution in [0.4, 0.5) is 5.82 Å². The van der Waals surface area contributed by atoms with Gasteiger partial charge in [-0.15, -0.1) is 0 Å². The number of hydrogen-bond donors (Lipinski definition) is 1. The number of aliphatic hydroxyl groups is 1. The number of piperidine rings is 1. The van der Waals surface area contributed by atoms with Crippen molar-refractivity contribution in [3.63, 3.8) is 0 Å². The molecular weight excluding hydrogens is 248 g/mol. The van der Waals surface area contributed by atoms with Crippen LogP contribution in [0.25, 0.3) is 0 Å². The maximum Gasteiger partial charge on any atom is 0.389 e. The van der Waals surface area contributed by atoms with Crippen molar-refractivity contribution >= 4 is 5.82 Å². The Bertz CT molecular complexity index is 432. The van der Waals surface area contributed by atoms with E-state index < -0.39 is 4.92 Å². The van der Waals surface area contributed by atoms with E-state index >= 15 is 0 Å². The lowest BCUT2D eigenvalue weighted by Crippen LogP contribution is -2.46. The third kappa shape index (κ3) is 3.51.